The quantitative estimate of drug-likeness (QED) is 0.727. The molecule has 18 heavy (non-hydrogen) atoms. The van der Waals surface area contributed by atoms with Crippen LogP contribution in [0.3, 0.4) is 0 Å². The molecule has 0 spiro atoms. The maximum absolute atomic E-state index is 11.7. The van der Waals surface area contributed by atoms with E-state index in [1.165, 1.54) is 4.57 Å². The molecule has 98 valence electrons. The lowest BCUT2D eigenvalue weighted by atomic mass is 10.4. The van der Waals surface area contributed by atoms with Crippen molar-refractivity contribution in [1.29, 1.82) is 0 Å². The summed E-state index contributed by atoms with van der Waals surface area (Å²) in [5.74, 6) is -0.451. The summed E-state index contributed by atoms with van der Waals surface area (Å²) in [7, 11) is 0. The SMILES string of the molecule is CCOC(Cn1c(=O)oc2cccnc21)OCC. The van der Waals surface area contributed by atoms with Gasteiger partial charge in [-0.15, -0.1) is 0 Å². The van der Waals surface area contributed by atoms with Crippen LogP contribution in [0.5, 0.6) is 0 Å². The lowest BCUT2D eigenvalue weighted by Crippen LogP contribution is -2.28. The summed E-state index contributed by atoms with van der Waals surface area (Å²) in [4.78, 5) is 15.9. The summed E-state index contributed by atoms with van der Waals surface area (Å²) in [6.07, 6.45) is 1.14. The molecule has 0 aliphatic carbocycles. The van der Waals surface area contributed by atoms with E-state index in [0.717, 1.165) is 0 Å². The van der Waals surface area contributed by atoms with Gasteiger partial charge in [-0.3, -0.25) is 4.57 Å². The van der Waals surface area contributed by atoms with Crippen LogP contribution in [0.15, 0.2) is 27.5 Å². The van der Waals surface area contributed by atoms with E-state index in [1.807, 2.05) is 13.8 Å². The number of hydrogen-bond acceptors (Lipinski definition) is 5. The molecule has 6 nitrogen and oxygen atoms in total. The van der Waals surface area contributed by atoms with Crippen molar-refractivity contribution in [2.75, 3.05) is 13.2 Å². The van der Waals surface area contributed by atoms with Crippen LogP contribution in [0, 0.1) is 0 Å². The number of aromatic nitrogens is 2. The number of nitrogens with zero attached hydrogens (tertiary/aromatic N) is 2. The summed E-state index contributed by atoms with van der Waals surface area (Å²) in [5.41, 5.74) is 0.973. The van der Waals surface area contributed by atoms with Crippen molar-refractivity contribution in [2.45, 2.75) is 26.7 Å². The summed E-state index contributed by atoms with van der Waals surface area (Å²) in [6, 6.07) is 3.43. The zero-order chi connectivity index (χ0) is 13.0. The molecule has 0 aliphatic rings. The molecule has 0 bridgehead atoms. The maximum atomic E-state index is 11.7. The van der Waals surface area contributed by atoms with E-state index in [0.29, 0.717) is 24.4 Å². The van der Waals surface area contributed by atoms with Crippen LogP contribution in [0.1, 0.15) is 13.8 Å². The first-order valence-corrected chi connectivity index (χ1v) is 5.93. The van der Waals surface area contributed by atoms with Gasteiger partial charge in [-0.2, -0.15) is 0 Å². The van der Waals surface area contributed by atoms with Gasteiger partial charge in [-0.1, -0.05) is 0 Å². The average Bonchev–Trinajstić information content (AvgIpc) is 2.67. The Labute approximate surface area is 104 Å². The smallest absolute Gasteiger partial charge is 0.406 e. The van der Waals surface area contributed by atoms with Crippen LogP contribution in [0.4, 0.5) is 0 Å². The first kappa shape index (κ1) is 12.8. The van der Waals surface area contributed by atoms with E-state index < -0.39 is 12.0 Å². The van der Waals surface area contributed by atoms with Gasteiger partial charge >= 0.3 is 5.76 Å². The average molecular weight is 252 g/mol. The highest BCUT2D eigenvalue weighted by Gasteiger charge is 2.15. The molecule has 0 radical (unpaired) electrons. The van der Waals surface area contributed by atoms with Crippen molar-refractivity contribution in [1.82, 2.24) is 9.55 Å². The molecule has 0 unspecified atom stereocenters. The number of hydrogen-bond donors (Lipinski definition) is 0. The Hall–Kier alpha value is -1.66. The first-order chi connectivity index (χ1) is 8.76. The van der Waals surface area contributed by atoms with E-state index in [9.17, 15) is 4.79 Å². The second kappa shape index (κ2) is 5.79. The van der Waals surface area contributed by atoms with Crippen LogP contribution in [-0.2, 0) is 16.0 Å². The zero-order valence-electron chi connectivity index (χ0n) is 10.5. The molecule has 0 N–H and O–H groups in total. The predicted molar refractivity (Wildman–Crippen MR) is 65.3 cm³/mol. The number of pyridine rings is 1. The Balaban J connectivity index is 2.29. The highest BCUT2D eigenvalue weighted by molar-refractivity contribution is 5.67. The van der Waals surface area contributed by atoms with E-state index >= 15 is 0 Å². The molecular weight excluding hydrogens is 236 g/mol. The van der Waals surface area contributed by atoms with Gasteiger partial charge in [-0.05, 0) is 26.0 Å². The minimum Gasteiger partial charge on any atom is -0.406 e. The van der Waals surface area contributed by atoms with E-state index in [-0.39, 0.29) is 6.54 Å². The maximum Gasteiger partial charge on any atom is 0.421 e. The Morgan fingerprint density at radius 1 is 1.39 bits per heavy atom. The number of oxazole rings is 1. The van der Waals surface area contributed by atoms with Crippen LogP contribution in [0.2, 0.25) is 0 Å². The van der Waals surface area contributed by atoms with E-state index in [2.05, 4.69) is 4.98 Å². The molecule has 6 heteroatoms. The van der Waals surface area contributed by atoms with E-state index in [4.69, 9.17) is 13.9 Å². The number of fused-ring (bicyclic) bond motifs is 1. The van der Waals surface area contributed by atoms with Crippen molar-refractivity contribution in [3.05, 3.63) is 28.9 Å². The lowest BCUT2D eigenvalue weighted by Gasteiger charge is -2.16. The molecule has 0 saturated heterocycles. The van der Waals surface area contributed by atoms with Crippen LogP contribution >= 0.6 is 0 Å². The molecule has 0 saturated carbocycles. The Bertz CT molecular complexity index is 554. The van der Waals surface area contributed by atoms with Crippen molar-refractivity contribution >= 4 is 11.2 Å². The molecule has 0 aliphatic heterocycles. The van der Waals surface area contributed by atoms with Gasteiger partial charge < -0.3 is 13.9 Å². The summed E-state index contributed by atoms with van der Waals surface area (Å²) >= 11 is 0. The topological polar surface area (TPSA) is 66.5 Å². The molecule has 0 amide bonds. The summed E-state index contributed by atoms with van der Waals surface area (Å²) in [6.45, 7) is 5.05. The van der Waals surface area contributed by atoms with Gasteiger partial charge in [-0.25, -0.2) is 9.78 Å². The Morgan fingerprint density at radius 2 is 2.11 bits per heavy atom. The number of ether oxygens (including phenoxy) is 2. The highest BCUT2D eigenvalue weighted by Crippen LogP contribution is 2.10. The monoisotopic (exact) mass is 252 g/mol. The molecule has 0 aromatic carbocycles. The molecule has 0 fully saturated rings. The third-order valence-corrected chi connectivity index (χ3v) is 2.46. The van der Waals surface area contributed by atoms with Gasteiger partial charge in [0.2, 0.25) is 0 Å². The predicted octanol–water partition coefficient (Wildman–Crippen LogP) is 1.39. The second-order valence-corrected chi connectivity index (χ2v) is 3.64. The highest BCUT2D eigenvalue weighted by atomic mass is 16.7. The van der Waals surface area contributed by atoms with Gasteiger partial charge in [0.05, 0.1) is 6.54 Å². The van der Waals surface area contributed by atoms with Crippen molar-refractivity contribution in [3.63, 3.8) is 0 Å². The van der Waals surface area contributed by atoms with Crippen molar-refractivity contribution < 1.29 is 13.9 Å². The molecule has 0 atom stereocenters. The fourth-order valence-electron chi connectivity index (χ4n) is 1.74. The van der Waals surface area contributed by atoms with Gasteiger partial charge in [0.15, 0.2) is 17.5 Å². The van der Waals surface area contributed by atoms with Crippen LogP contribution < -0.4 is 5.76 Å². The first-order valence-electron chi connectivity index (χ1n) is 5.93. The fourth-order valence-corrected chi connectivity index (χ4v) is 1.74. The minimum absolute atomic E-state index is 0.268. The molecule has 2 heterocycles. The normalized spacial score (nSPS) is 11.5. The third kappa shape index (κ3) is 2.60. The van der Waals surface area contributed by atoms with E-state index in [1.54, 1.807) is 18.3 Å². The molecule has 2 aromatic rings. The van der Waals surface area contributed by atoms with Gasteiger partial charge in [0, 0.05) is 19.4 Å². The standard InChI is InChI=1S/C12H16N2O4/c1-3-16-10(17-4-2)8-14-11-9(18-12(14)15)6-5-7-13-11/h5-7,10H,3-4,8H2,1-2H3. The summed E-state index contributed by atoms with van der Waals surface area (Å²) < 4.78 is 17.3. The molecule has 2 aromatic heterocycles. The van der Waals surface area contributed by atoms with Crippen LogP contribution in [0.25, 0.3) is 11.2 Å². The fraction of sp³-hybridized carbons (Fsp3) is 0.500. The van der Waals surface area contributed by atoms with Gasteiger partial charge in [0.25, 0.3) is 0 Å². The molecule has 2 rings (SSSR count). The lowest BCUT2D eigenvalue weighted by molar-refractivity contribution is -0.143. The Kier molecular flexibility index (Phi) is 4.11. The Morgan fingerprint density at radius 3 is 2.78 bits per heavy atom. The van der Waals surface area contributed by atoms with Crippen molar-refractivity contribution in [2.24, 2.45) is 0 Å². The van der Waals surface area contributed by atoms with Crippen LogP contribution in [-0.4, -0.2) is 29.1 Å². The minimum atomic E-state index is -0.472. The largest absolute Gasteiger partial charge is 0.421 e. The third-order valence-electron chi connectivity index (χ3n) is 2.46. The van der Waals surface area contributed by atoms with Gasteiger partial charge in [0.1, 0.15) is 0 Å². The summed E-state index contributed by atoms with van der Waals surface area (Å²) in [5, 5.41) is 0. The molecular formula is C12H16N2O4. The number of rotatable bonds is 6. The van der Waals surface area contributed by atoms with Crippen molar-refractivity contribution in [3.8, 4) is 0 Å². The zero-order valence-corrected chi connectivity index (χ0v) is 10.5. The second-order valence-electron chi connectivity index (χ2n) is 3.64.